The fourth-order valence-electron chi connectivity index (χ4n) is 2.61. The smallest absolute Gasteiger partial charge is 0.220 e. The lowest BCUT2D eigenvalue weighted by atomic mass is 10.1. The number of methoxy groups -OCH3 is 1. The van der Waals surface area contributed by atoms with Gasteiger partial charge in [-0.2, -0.15) is 0 Å². The van der Waals surface area contributed by atoms with Gasteiger partial charge in [0.1, 0.15) is 11.6 Å². The summed E-state index contributed by atoms with van der Waals surface area (Å²) in [6.45, 7) is 0.572. The number of benzene rings is 2. The molecule has 26 heavy (non-hydrogen) atoms. The Labute approximate surface area is 153 Å². The number of ketones is 1. The number of ether oxygens (including phenoxy) is 1. The van der Waals surface area contributed by atoms with Crippen LogP contribution in [0.2, 0.25) is 0 Å². The standard InChI is InChI=1S/C21H24FNO3/c1-26-17-11-9-16(10-12-17)6-4-5-15-23-21(25)14-13-20(24)18-7-2-3-8-19(18)22/h2-3,7-12H,4-6,13-15H2,1H3,(H,23,25). The van der Waals surface area contributed by atoms with E-state index in [-0.39, 0.29) is 30.1 Å². The lowest BCUT2D eigenvalue weighted by Gasteiger charge is -2.06. The predicted molar refractivity (Wildman–Crippen MR) is 98.9 cm³/mol. The summed E-state index contributed by atoms with van der Waals surface area (Å²) in [4.78, 5) is 23.7. The van der Waals surface area contributed by atoms with E-state index < -0.39 is 5.82 Å². The second-order valence-electron chi connectivity index (χ2n) is 6.06. The van der Waals surface area contributed by atoms with E-state index in [0.717, 1.165) is 25.0 Å². The maximum Gasteiger partial charge on any atom is 0.220 e. The minimum Gasteiger partial charge on any atom is -0.497 e. The van der Waals surface area contributed by atoms with Gasteiger partial charge in [-0.25, -0.2) is 4.39 Å². The number of halogens is 1. The number of hydrogen-bond acceptors (Lipinski definition) is 3. The van der Waals surface area contributed by atoms with Crippen LogP contribution in [0, 0.1) is 5.82 Å². The molecular weight excluding hydrogens is 333 g/mol. The van der Waals surface area contributed by atoms with E-state index in [4.69, 9.17) is 4.74 Å². The lowest BCUT2D eigenvalue weighted by molar-refractivity contribution is -0.121. The Morgan fingerprint density at radius 1 is 1.00 bits per heavy atom. The van der Waals surface area contributed by atoms with Gasteiger partial charge in [0.15, 0.2) is 5.78 Å². The highest BCUT2D eigenvalue weighted by Crippen LogP contribution is 2.13. The molecule has 0 aromatic heterocycles. The molecule has 138 valence electrons. The van der Waals surface area contributed by atoms with Crippen LogP contribution < -0.4 is 10.1 Å². The van der Waals surface area contributed by atoms with Gasteiger partial charge in [0.25, 0.3) is 0 Å². The van der Waals surface area contributed by atoms with Gasteiger partial charge in [-0.15, -0.1) is 0 Å². The van der Waals surface area contributed by atoms with Crippen molar-refractivity contribution >= 4 is 11.7 Å². The summed E-state index contributed by atoms with van der Waals surface area (Å²) in [5.74, 6) is -0.237. The zero-order chi connectivity index (χ0) is 18.8. The van der Waals surface area contributed by atoms with Crippen LogP contribution in [0.5, 0.6) is 5.75 Å². The molecule has 1 N–H and O–H groups in total. The van der Waals surface area contributed by atoms with E-state index in [1.54, 1.807) is 13.2 Å². The Morgan fingerprint density at radius 2 is 1.73 bits per heavy atom. The number of nitrogens with one attached hydrogen (secondary N) is 1. The maximum absolute atomic E-state index is 13.5. The number of rotatable bonds is 10. The Kier molecular flexibility index (Phi) is 7.80. The molecule has 0 unspecified atom stereocenters. The summed E-state index contributed by atoms with van der Waals surface area (Å²) in [6.07, 6.45) is 2.84. The third-order valence-electron chi connectivity index (χ3n) is 4.13. The highest BCUT2D eigenvalue weighted by atomic mass is 19.1. The highest BCUT2D eigenvalue weighted by Gasteiger charge is 2.12. The molecule has 0 aliphatic rings. The first-order valence-corrected chi connectivity index (χ1v) is 8.77. The van der Waals surface area contributed by atoms with Gasteiger partial charge in [0, 0.05) is 19.4 Å². The number of hydrogen-bond donors (Lipinski definition) is 1. The molecule has 2 aromatic carbocycles. The number of Topliss-reactive ketones (excluding diaryl/α,β-unsaturated/α-hetero) is 1. The largest absolute Gasteiger partial charge is 0.497 e. The van der Waals surface area contributed by atoms with Crippen molar-refractivity contribution in [1.82, 2.24) is 5.32 Å². The summed E-state index contributed by atoms with van der Waals surface area (Å²) < 4.78 is 18.6. The van der Waals surface area contributed by atoms with Gasteiger partial charge in [0.05, 0.1) is 12.7 Å². The zero-order valence-corrected chi connectivity index (χ0v) is 15.0. The van der Waals surface area contributed by atoms with Crippen molar-refractivity contribution in [1.29, 1.82) is 0 Å². The Bertz CT molecular complexity index is 728. The van der Waals surface area contributed by atoms with Crippen LogP contribution in [0.4, 0.5) is 4.39 Å². The first-order chi connectivity index (χ1) is 12.6. The average molecular weight is 357 g/mol. The van der Waals surface area contributed by atoms with Crippen LogP contribution in [-0.2, 0) is 11.2 Å². The van der Waals surface area contributed by atoms with E-state index in [9.17, 15) is 14.0 Å². The molecule has 4 nitrogen and oxygen atoms in total. The monoisotopic (exact) mass is 357 g/mol. The topological polar surface area (TPSA) is 55.4 Å². The SMILES string of the molecule is COc1ccc(CCCCNC(=O)CCC(=O)c2ccccc2F)cc1. The first kappa shape index (κ1) is 19.6. The molecule has 0 atom stereocenters. The molecule has 5 heteroatoms. The van der Waals surface area contributed by atoms with Gasteiger partial charge in [-0.1, -0.05) is 24.3 Å². The summed E-state index contributed by atoms with van der Waals surface area (Å²) >= 11 is 0. The van der Waals surface area contributed by atoms with Crippen LogP contribution in [0.15, 0.2) is 48.5 Å². The van der Waals surface area contributed by atoms with E-state index >= 15 is 0 Å². The highest BCUT2D eigenvalue weighted by molar-refractivity contribution is 5.98. The van der Waals surface area contributed by atoms with Gasteiger partial charge < -0.3 is 10.1 Å². The lowest BCUT2D eigenvalue weighted by Crippen LogP contribution is -2.25. The third-order valence-corrected chi connectivity index (χ3v) is 4.13. The molecule has 0 heterocycles. The Morgan fingerprint density at radius 3 is 2.42 bits per heavy atom. The van der Waals surface area contributed by atoms with Gasteiger partial charge in [-0.05, 0) is 49.1 Å². The Hall–Kier alpha value is -2.69. The summed E-state index contributed by atoms with van der Waals surface area (Å²) in [5, 5.41) is 2.80. The third kappa shape index (κ3) is 6.31. The van der Waals surface area contributed by atoms with Crippen LogP contribution in [-0.4, -0.2) is 25.3 Å². The van der Waals surface area contributed by atoms with Crippen molar-refractivity contribution < 1.29 is 18.7 Å². The molecule has 1 amide bonds. The molecule has 2 aromatic rings. The van der Waals surface area contributed by atoms with Crippen molar-refractivity contribution in [3.63, 3.8) is 0 Å². The molecule has 0 saturated carbocycles. The van der Waals surface area contributed by atoms with Crippen molar-refractivity contribution in [2.75, 3.05) is 13.7 Å². The van der Waals surface area contributed by atoms with Crippen molar-refractivity contribution in [2.24, 2.45) is 0 Å². The fourth-order valence-corrected chi connectivity index (χ4v) is 2.61. The van der Waals surface area contributed by atoms with Crippen LogP contribution in [0.3, 0.4) is 0 Å². The minimum atomic E-state index is -0.545. The average Bonchev–Trinajstić information content (AvgIpc) is 2.66. The molecule has 0 saturated heterocycles. The van der Waals surface area contributed by atoms with Crippen molar-refractivity contribution in [3.8, 4) is 5.75 Å². The fraction of sp³-hybridized carbons (Fsp3) is 0.333. The van der Waals surface area contributed by atoms with E-state index in [1.807, 2.05) is 24.3 Å². The molecule has 0 radical (unpaired) electrons. The molecular formula is C21H24FNO3. The van der Waals surface area contributed by atoms with Crippen LogP contribution in [0.25, 0.3) is 0 Å². The second-order valence-corrected chi connectivity index (χ2v) is 6.06. The summed E-state index contributed by atoms with van der Waals surface area (Å²) in [6, 6.07) is 13.8. The van der Waals surface area contributed by atoms with Gasteiger partial charge >= 0.3 is 0 Å². The molecule has 2 rings (SSSR count). The minimum absolute atomic E-state index is 0.0125. The molecule has 0 aliphatic heterocycles. The van der Waals surface area contributed by atoms with Crippen molar-refractivity contribution in [3.05, 3.63) is 65.5 Å². The second kappa shape index (κ2) is 10.3. The number of carbonyl (C=O) groups is 2. The number of unbranched alkanes of at least 4 members (excludes halogenated alkanes) is 1. The summed E-state index contributed by atoms with van der Waals surface area (Å²) in [7, 11) is 1.64. The Balaban J connectivity index is 1.60. The maximum atomic E-state index is 13.5. The summed E-state index contributed by atoms with van der Waals surface area (Å²) in [5.41, 5.74) is 1.27. The predicted octanol–water partition coefficient (Wildman–Crippen LogP) is 3.94. The quantitative estimate of drug-likeness (QED) is 0.518. The van der Waals surface area contributed by atoms with Crippen molar-refractivity contribution in [2.45, 2.75) is 32.1 Å². The molecule has 0 bridgehead atoms. The molecule has 0 spiro atoms. The first-order valence-electron chi connectivity index (χ1n) is 8.77. The molecule has 0 aliphatic carbocycles. The molecule has 0 fully saturated rings. The normalized spacial score (nSPS) is 10.4. The van der Waals surface area contributed by atoms with Gasteiger partial charge in [-0.3, -0.25) is 9.59 Å². The number of aryl methyl sites for hydroxylation is 1. The van der Waals surface area contributed by atoms with E-state index in [1.165, 1.54) is 23.8 Å². The van der Waals surface area contributed by atoms with E-state index in [2.05, 4.69) is 5.32 Å². The van der Waals surface area contributed by atoms with E-state index in [0.29, 0.717) is 6.54 Å². The van der Waals surface area contributed by atoms with Gasteiger partial charge in [0.2, 0.25) is 5.91 Å². The number of carbonyl (C=O) groups excluding carboxylic acids is 2. The zero-order valence-electron chi connectivity index (χ0n) is 15.0. The number of amides is 1. The van der Waals surface area contributed by atoms with Crippen LogP contribution in [0.1, 0.15) is 41.6 Å². The van der Waals surface area contributed by atoms with Crippen LogP contribution >= 0.6 is 0 Å².